The quantitative estimate of drug-likeness (QED) is 0.852. The maximum absolute atomic E-state index is 12.5. The third-order valence-corrected chi connectivity index (χ3v) is 5.65. The molecular weight excluding hydrogens is 310 g/mol. The van der Waals surface area contributed by atoms with Crippen molar-refractivity contribution in [3.05, 3.63) is 16.8 Å². The van der Waals surface area contributed by atoms with Gasteiger partial charge in [0.05, 0.1) is 11.9 Å². The highest BCUT2D eigenvalue weighted by Gasteiger charge is 2.22. The number of likely N-dealkylation sites (N-methyl/N-ethyl adjacent to an activating group) is 2. The molecule has 0 unspecified atom stereocenters. The lowest BCUT2D eigenvalue weighted by molar-refractivity contribution is -0.131. The molecule has 0 radical (unpaired) electrons. The Kier molecular flexibility index (Phi) is 4.50. The molecule has 2 aromatic rings. The number of carbonyl (C=O) groups excluding carboxylic acids is 1. The Balaban J connectivity index is 1.78. The van der Waals surface area contributed by atoms with Crippen molar-refractivity contribution in [2.75, 3.05) is 51.7 Å². The van der Waals surface area contributed by atoms with Gasteiger partial charge >= 0.3 is 0 Å². The van der Waals surface area contributed by atoms with Crippen LogP contribution in [-0.2, 0) is 4.79 Å². The summed E-state index contributed by atoms with van der Waals surface area (Å²) >= 11 is 1.68. The number of aryl methyl sites for hydroxylation is 2. The summed E-state index contributed by atoms with van der Waals surface area (Å²) in [7, 11) is 4.02. The molecule has 124 valence electrons. The van der Waals surface area contributed by atoms with Gasteiger partial charge in [-0.3, -0.25) is 4.79 Å². The minimum Gasteiger partial charge on any atom is -0.350 e. The van der Waals surface area contributed by atoms with Gasteiger partial charge in [-0.1, -0.05) is 0 Å². The van der Waals surface area contributed by atoms with Crippen LogP contribution in [0, 0.1) is 13.8 Å². The van der Waals surface area contributed by atoms with Crippen molar-refractivity contribution in [3.8, 4) is 0 Å². The number of nitrogens with zero attached hydrogens (tertiary/aromatic N) is 5. The van der Waals surface area contributed by atoms with E-state index < -0.39 is 0 Å². The first-order valence-electron chi connectivity index (χ1n) is 7.85. The van der Waals surface area contributed by atoms with E-state index in [1.54, 1.807) is 17.7 Å². The Labute approximate surface area is 140 Å². The normalized spacial score (nSPS) is 16.1. The van der Waals surface area contributed by atoms with Gasteiger partial charge in [0.15, 0.2) is 0 Å². The Morgan fingerprint density at radius 3 is 2.65 bits per heavy atom. The second-order valence-corrected chi connectivity index (χ2v) is 7.40. The van der Waals surface area contributed by atoms with Gasteiger partial charge in [0, 0.05) is 38.1 Å². The molecule has 1 aliphatic heterocycles. The topological polar surface area (TPSA) is 52.6 Å². The number of hydrogen-bond donors (Lipinski definition) is 0. The fourth-order valence-corrected chi connectivity index (χ4v) is 3.88. The average molecular weight is 333 g/mol. The largest absolute Gasteiger partial charge is 0.350 e. The molecule has 1 fully saturated rings. The van der Waals surface area contributed by atoms with Crippen LogP contribution in [0.1, 0.15) is 10.4 Å². The molecule has 0 saturated carbocycles. The molecule has 6 nitrogen and oxygen atoms in total. The lowest BCUT2D eigenvalue weighted by Gasteiger charge is -2.33. The lowest BCUT2D eigenvalue weighted by atomic mass is 10.2. The minimum atomic E-state index is 0.164. The molecular formula is C16H23N5OS. The van der Waals surface area contributed by atoms with Crippen LogP contribution in [0.3, 0.4) is 0 Å². The number of piperazine rings is 1. The van der Waals surface area contributed by atoms with Gasteiger partial charge in [-0.25, -0.2) is 9.97 Å². The summed E-state index contributed by atoms with van der Waals surface area (Å²) in [6.45, 7) is 8.03. The third-order valence-electron chi connectivity index (χ3n) is 4.54. The van der Waals surface area contributed by atoms with Gasteiger partial charge in [-0.2, -0.15) is 0 Å². The van der Waals surface area contributed by atoms with Crippen LogP contribution in [0.4, 0.5) is 5.82 Å². The van der Waals surface area contributed by atoms with Crippen LogP contribution in [0.15, 0.2) is 6.33 Å². The highest BCUT2D eigenvalue weighted by Crippen LogP contribution is 2.33. The Hall–Kier alpha value is -1.73. The maximum Gasteiger partial charge on any atom is 0.242 e. The zero-order valence-corrected chi connectivity index (χ0v) is 15.0. The zero-order chi connectivity index (χ0) is 16.6. The van der Waals surface area contributed by atoms with Gasteiger partial charge in [0.2, 0.25) is 5.91 Å². The molecule has 0 aromatic carbocycles. The van der Waals surface area contributed by atoms with Crippen molar-refractivity contribution in [3.63, 3.8) is 0 Å². The Morgan fingerprint density at radius 1 is 1.26 bits per heavy atom. The average Bonchev–Trinajstić information content (AvgIpc) is 2.82. The van der Waals surface area contributed by atoms with Gasteiger partial charge in [-0.15, -0.1) is 11.3 Å². The summed E-state index contributed by atoms with van der Waals surface area (Å²) in [5.41, 5.74) is 1.21. The minimum absolute atomic E-state index is 0.164. The summed E-state index contributed by atoms with van der Waals surface area (Å²) in [4.78, 5) is 29.7. The Bertz CT molecular complexity index is 721. The van der Waals surface area contributed by atoms with Crippen molar-refractivity contribution in [1.82, 2.24) is 19.8 Å². The molecule has 2 aromatic heterocycles. The molecule has 7 heteroatoms. The monoisotopic (exact) mass is 333 g/mol. The van der Waals surface area contributed by atoms with E-state index in [0.717, 1.165) is 42.2 Å². The molecule has 1 amide bonds. The molecule has 3 heterocycles. The molecule has 1 aliphatic rings. The van der Waals surface area contributed by atoms with Crippen molar-refractivity contribution >= 4 is 33.3 Å². The van der Waals surface area contributed by atoms with Crippen molar-refractivity contribution < 1.29 is 4.79 Å². The fourth-order valence-electron chi connectivity index (χ4n) is 2.89. The number of hydrogen-bond acceptors (Lipinski definition) is 6. The predicted molar refractivity (Wildman–Crippen MR) is 94.2 cm³/mol. The van der Waals surface area contributed by atoms with Gasteiger partial charge in [0.1, 0.15) is 17.0 Å². The maximum atomic E-state index is 12.5. The van der Waals surface area contributed by atoms with Gasteiger partial charge in [0.25, 0.3) is 0 Å². The van der Waals surface area contributed by atoms with E-state index >= 15 is 0 Å². The second kappa shape index (κ2) is 6.41. The van der Waals surface area contributed by atoms with Crippen LogP contribution in [0.25, 0.3) is 10.2 Å². The van der Waals surface area contributed by atoms with Crippen molar-refractivity contribution in [2.45, 2.75) is 13.8 Å². The summed E-state index contributed by atoms with van der Waals surface area (Å²) in [6.07, 6.45) is 1.59. The van der Waals surface area contributed by atoms with E-state index in [9.17, 15) is 4.79 Å². The molecule has 0 spiro atoms. The van der Waals surface area contributed by atoms with E-state index in [4.69, 9.17) is 0 Å². The van der Waals surface area contributed by atoms with Crippen molar-refractivity contribution in [2.24, 2.45) is 0 Å². The first kappa shape index (κ1) is 16.1. The molecule has 0 atom stereocenters. The number of aromatic nitrogens is 2. The molecule has 1 saturated heterocycles. The number of thiophene rings is 1. The highest BCUT2D eigenvalue weighted by molar-refractivity contribution is 7.18. The van der Waals surface area contributed by atoms with Crippen LogP contribution in [-0.4, -0.2) is 72.5 Å². The number of fused-ring (bicyclic) bond motifs is 1. The predicted octanol–water partition coefficient (Wildman–Crippen LogP) is 1.52. The first-order chi connectivity index (χ1) is 11.0. The smallest absolute Gasteiger partial charge is 0.242 e. The number of carbonyl (C=O) groups is 1. The van der Waals surface area contributed by atoms with Gasteiger partial charge < -0.3 is 14.7 Å². The van der Waals surface area contributed by atoms with E-state index in [1.165, 1.54) is 10.4 Å². The van der Waals surface area contributed by atoms with E-state index in [2.05, 4.69) is 35.8 Å². The van der Waals surface area contributed by atoms with Crippen LogP contribution in [0.5, 0.6) is 0 Å². The van der Waals surface area contributed by atoms with E-state index in [1.807, 2.05) is 16.8 Å². The highest BCUT2D eigenvalue weighted by atomic mass is 32.1. The van der Waals surface area contributed by atoms with E-state index in [-0.39, 0.29) is 5.91 Å². The summed E-state index contributed by atoms with van der Waals surface area (Å²) in [5, 5.41) is 1.07. The SMILES string of the molecule is Cc1sc2ncnc(N(C)CC(=O)N3CCN(C)CC3)c2c1C. The molecule has 0 aliphatic carbocycles. The van der Waals surface area contributed by atoms with E-state index in [0.29, 0.717) is 6.54 Å². The van der Waals surface area contributed by atoms with Crippen LogP contribution < -0.4 is 4.90 Å². The molecule has 23 heavy (non-hydrogen) atoms. The molecule has 0 N–H and O–H groups in total. The summed E-state index contributed by atoms with van der Waals surface area (Å²) < 4.78 is 0. The first-order valence-corrected chi connectivity index (χ1v) is 8.67. The third kappa shape index (κ3) is 3.16. The standard InChI is InChI=1S/C16H23N5OS/c1-11-12(2)23-16-14(11)15(17-10-18-16)20(4)9-13(22)21-7-5-19(3)6-8-21/h10H,5-9H2,1-4H3. The number of rotatable bonds is 3. The summed E-state index contributed by atoms with van der Waals surface area (Å²) in [6, 6.07) is 0. The molecule has 3 rings (SSSR count). The fraction of sp³-hybridized carbons (Fsp3) is 0.562. The van der Waals surface area contributed by atoms with Crippen LogP contribution in [0.2, 0.25) is 0 Å². The van der Waals surface area contributed by atoms with Crippen molar-refractivity contribution in [1.29, 1.82) is 0 Å². The lowest BCUT2D eigenvalue weighted by Crippen LogP contribution is -2.49. The summed E-state index contributed by atoms with van der Waals surface area (Å²) in [5.74, 6) is 1.01. The number of amides is 1. The Morgan fingerprint density at radius 2 is 1.96 bits per heavy atom. The zero-order valence-electron chi connectivity index (χ0n) is 14.2. The number of anilines is 1. The second-order valence-electron chi connectivity index (χ2n) is 6.20. The molecule has 0 bridgehead atoms. The van der Waals surface area contributed by atoms with Gasteiger partial charge in [-0.05, 0) is 26.5 Å². The van der Waals surface area contributed by atoms with Crippen LogP contribution >= 0.6 is 11.3 Å².